The van der Waals surface area contributed by atoms with Crippen LogP contribution in [0.5, 0.6) is 0 Å². The third kappa shape index (κ3) is 3.33. The first-order valence-electron chi connectivity index (χ1n) is 5.35. The summed E-state index contributed by atoms with van der Waals surface area (Å²) in [6.45, 7) is 2.49. The van der Waals surface area contributed by atoms with Gasteiger partial charge in [-0.25, -0.2) is 9.78 Å². The number of nitrogens with zero attached hydrogens (tertiary/aromatic N) is 2. The van der Waals surface area contributed by atoms with Crippen molar-refractivity contribution in [2.75, 3.05) is 25.0 Å². The zero-order valence-corrected chi connectivity index (χ0v) is 10.9. The van der Waals surface area contributed by atoms with E-state index < -0.39 is 5.97 Å². The van der Waals surface area contributed by atoms with Gasteiger partial charge in [0, 0.05) is 13.6 Å². The highest BCUT2D eigenvalue weighted by Gasteiger charge is 2.15. The van der Waals surface area contributed by atoms with Crippen molar-refractivity contribution in [1.82, 2.24) is 10.3 Å². The topological polar surface area (TPSA) is 82.5 Å². The molecule has 0 bridgehead atoms. The van der Waals surface area contributed by atoms with E-state index in [0.717, 1.165) is 0 Å². The van der Waals surface area contributed by atoms with Crippen LogP contribution in [0.4, 0.5) is 5.82 Å². The van der Waals surface area contributed by atoms with Gasteiger partial charge in [-0.3, -0.25) is 4.79 Å². The molecule has 0 radical (unpaired) electrons. The monoisotopic (exact) mass is 271 g/mol. The molecule has 6 nitrogen and oxygen atoms in total. The van der Waals surface area contributed by atoms with Crippen LogP contribution in [0.3, 0.4) is 0 Å². The van der Waals surface area contributed by atoms with E-state index in [9.17, 15) is 9.59 Å². The Hall–Kier alpha value is -1.82. The van der Waals surface area contributed by atoms with Gasteiger partial charge in [-0.15, -0.1) is 0 Å². The molecule has 1 heterocycles. The van der Waals surface area contributed by atoms with Crippen molar-refractivity contribution < 1.29 is 14.7 Å². The number of rotatable bonds is 5. The highest BCUT2D eigenvalue weighted by molar-refractivity contribution is 6.33. The number of hydrogen-bond acceptors (Lipinski definition) is 4. The van der Waals surface area contributed by atoms with Crippen molar-refractivity contribution in [3.63, 3.8) is 0 Å². The van der Waals surface area contributed by atoms with Gasteiger partial charge in [0.15, 0.2) is 5.69 Å². The molecule has 2 N–H and O–H groups in total. The number of carbonyl (C=O) groups excluding carboxylic acids is 1. The summed E-state index contributed by atoms with van der Waals surface area (Å²) >= 11 is 5.73. The molecule has 18 heavy (non-hydrogen) atoms. The predicted molar refractivity (Wildman–Crippen MR) is 68.2 cm³/mol. The van der Waals surface area contributed by atoms with E-state index >= 15 is 0 Å². The minimum Gasteiger partial charge on any atom is -0.476 e. The SMILES string of the molecule is CCN(CC(=O)NC)c1ccc(Cl)c(C(=O)O)n1. The maximum absolute atomic E-state index is 11.3. The lowest BCUT2D eigenvalue weighted by molar-refractivity contribution is -0.119. The van der Waals surface area contributed by atoms with Crippen LogP contribution in [-0.4, -0.2) is 42.1 Å². The summed E-state index contributed by atoms with van der Waals surface area (Å²) in [4.78, 5) is 27.8. The van der Waals surface area contributed by atoms with Gasteiger partial charge in [-0.05, 0) is 19.1 Å². The largest absolute Gasteiger partial charge is 0.476 e. The molecule has 1 rings (SSSR count). The first kappa shape index (κ1) is 14.2. The van der Waals surface area contributed by atoms with Gasteiger partial charge in [-0.2, -0.15) is 0 Å². The van der Waals surface area contributed by atoms with Gasteiger partial charge in [0.05, 0.1) is 11.6 Å². The van der Waals surface area contributed by atoms with Gasteiger partial charge in [0.25, 0.3) is 0 Å². The molecule has 0 aliphatic rings. The maximum Gasteiger partial charge on any atom is 0.356 e. The van der Waals surface area contributed by atoms with Crippen LogP contribution < -0.4 is 10.2 Å². The number of likely N-dealkylation sites (N-methyl/N-ethyl adjacent to an activating group) is 2. The first-order valence-corrected chi connectivity index (χ1v) is 5.72. The number of carboxylic acid groups (broad SMARTS) is 1. The minimum atomic E-state index is -1.20. The molecule has 0 saturated carbocycles. The summed E-state index contributed by atoms with van der Waals surface area (Å²) in [6.07, 6.45) is 0. The van der Waals surface area contributed by atoms with Gasteiger partial charge in [0.2, 0.25) is 5.91 Å². The zero-order valence-electron chi connectivity index (χ0n) is 10.1. The quantitative estimate of drug-likeness (QED) is 0.835. The lowest BCUT2D eigenvalue weighted by atomic mass is 10.3. The summed E-state index contributed by atoms with van der Waals surface area (Å²) in [7, 11) is 1.54. The predicted octanol–water partition coefficient (Wildman–Crippen LogP) is 1.01. The Labute approximate surface area is 110 Å². The summed E-state index contributed by atoms with van der Waals surface area (Å²) in [6, 6.07) is 3.04. The maximum atomic E-state index is 11.3. The molecule has 0 saturated heterocycles. The number of aromatic carboxylic acids is 1. The average molecular weight is 272 g/mol. The number of aromatic nitrogens is 1. The molecule has 1 aromatic heterocycles. The number of carboxylic acids is 1. The summed E-state index contributed by atoms with van der Waals surface area (Å²) < 4.78 is 0. The van der Waals surface area contributed by atoms with Crippen LogP contribution in [0.25, 0.3) is 0 Å². The minimum absolute atomic E-state index is 0.0715. The molecule has 1 aromatic rings. The van der Waals surface area contributed by atoms with Crippen molar-refractivity contribution in [1.29, 1.82) is 0 Å². The van der Waals surface area contributed by atoms with E-state index in [4.69, 9.17) is 16.7 Å². The van der Waals surface area contributed by atoms with E-state index in [1.165, 1.54) is 13.1 Å². The van der Waals surface area contributed by atoms with Crippen molar-refractivity contribution in [2.24, 2.45) is 0 Å². The Morgan fingerprint density at radius 1 is 1.50 bits per heavy atom. The number of carbonyl (C=O) groups is 2. The summed E-state index contributed by atoms with van der Waals surface area (Å²) in [5.41, 5.74) is -0.218. The van der Waals surface area contributed by atoms with E-state index in [0.29, 0.717) is 12.4 Å². The molecule has 0 spiro atoms. The summed E-state index contributed by atoms with van der Waals surface area (Å²) in [5, 5.41) is 11.5. The molecule has 7 heteroatoms. The van der Waals surface area contributed by atoms with Crippen LogP contribution >= 0.6 is 11.6 Å². The van der Waals surface area contributed by atoms with Crippen LogP contribution in [0.1, 0.15) is 17.4 Å². The Bertz CT molecular complexity index is 465. The smallest absolute Gasteiger partial charge is 0.356 e. The Morgan fingerprint density at radius 2 is 2.17 bits per heavy atom. The summed E-state index contributed by atoms with van der Waals surface area (Å²) in [5.74, 6) is -0.966. The second-order valence-corrected chi connectivity index (χ2v) is 3.90. The third-order valence-electron chi connectivity index (χ3n) is 2.35. The highest BCUT2D eigenvalue weighted by Crippen LogP contribution is 2.19. The number of halogens is 1. The Morgan fingerprint density at radius 3 is 2.67 bits per heavy atom. The van der Waals surface area contributed by atoms with Gasteiger partial charge >= 0.3 is 5.97 Å². The van der Waals surface area contributed by atoms with Crippen LogP contribution in [0, 0.1) is 0 Å². The molecule has 0 unspecified atom stereocenters. The molecule has 1 amide bonds. The second kappa shape index (κ2) is 6.20. The normalized spacial score (nSPS) is 9.94. The van der Waals surface area contributed by atoms with E-state index in [2.05, 4.69) is 10.3 Å². The second-order valence-electron chi connectivity index (χ2n) is 3.49. The van der Waals surface area contributed by atoms with Gasteiger partial charge < -0.3 is 15.3 Å². The van der Waals surface area contributed by atoms with Crippen molar-refractivity contribution in [3.05, 3.63) is 22.8 Å². The van der Waals surface area contributed by atoms with Crippen LogP contribution in [-0.2, 0) is 4.79 Å². The first-order chi connectivity index (χ1) is 8.49. The number of pyridine rings is 1. The molecule has 0 aromatic carbocycles. The Balaban J connectivity index is 3.03. The van der Waals surface area contributed by atoms with Crippen molar-refractivity contribution in [2.45, 2.75) is 6.92 Å². The molecule has 0 aliphatic carbocycles. The molecular weight excluding hydrogens is 258 g/mol. The van der Waals surface area contributed by atoms with E-state index in [1.54, 1.807) is 11.0 Å². The average Bonchev–Trinajstić information content (AvgIpc) is 2.36. The standard InChI is InChI=1S/C11H14ClN3O3/c1-3-15(6-9(16)13-2)8-5-4-7(12)10(14-8)11(17)18/h4-5H,3,6H2,1-2H3,(H,13,16)(H,17,18). The number of hydrogen-bond donors (Lipinski definition) is 2. The molecule has 0 aliphatic heterocycles. The fourth-order valence-corrected chi connectivity index (χ4v) is 1.55. The molecule has 0 fully saturated rings. The Kier molecular flexibility index (Phi) is 4.91. The van der Waals surface area contributed by atoms with E-state index in [-0.39, 0.29) is 23.2 Å². The van der Waals surface area contributed by atoms with Gasteiger partial charge in [0.1, 0.15) is 5.82 Å². The van der Waals surface area contributed by atoms with Crippen molar-refractivity contribution >= 4 is 29.3 Å². The number of nitrogens with one attached hydrogen (secondary N) is 1. The lowest BCUT2D eigenvalue weighted by Crippen LogP contribution is -2.36. The highest BCUT2D eigenvalue weighted by atomic mass is 35.5. The lowest BCUT2D eigenvalue weighted by Gasteiger charge is -2.21. The van der Waals surface area contributed by atoms with Crippen LogP contribution in [0.15, 0.2) is 12.1 Å². The van der Waals surface area contributed by atoms with Gasteiger partial charge in [-0.1, -0.05) is 11.6 Å². The fourth-order valence-electron chi connectivity index (χ4n) is 1.37. The molecular formula is C11H14ClN3O3. The van der Waals surface area contributed by atoms with E-state index in [1.807, 2.05) is 6.92 Å². The fraction of sp³-hybridized carbons (Fsp3) is 0.364. The van der Waals surface area contributed by atoms with Crippen LogP contribution in [0.2, 0.25) is 5.02 Å². The zero-order chi connectivity index (χ0) is 13.7. The number of amides is 1. The third-order valence-corrected chi connectivity index (χ3v) is 2.66. The number of anilines is 1. The van der Waals surface area contributed by atoms with Crippen molar-refractivity contribution in [3.8, 4) is 0 Å². The molecule has 98 valence electrons. The molecule has 0 atom stereocenters.